The Bertz CT molecular complexity index is 237. The molecule has 3 fully saturated rings. The van der Waals surface area contributed by atoms with Crippen LogP contribution < -0.4 is 0 Å². The summed E-state index contributed by atoms with van der Waals surface area (Å²) < 4.78 is 0. The number of piperidine rings is 1. The van der Waals surface area contributed by atoms with Gasteiger partial charge < -0.3 is 0 Å². The Hall–Kier alpha value is 0.230. The predicted octanol–water partition coefficient (Wildman–Crippen LogP) is 1.86. The maximum Gasteiger partial charge on any atom is 0.0760 e. The first-order valence-electron chi connectivity index (χ1n) is 7.28. The molecular weight excluding hydrogens is 230 g/mol. The molecule has 0 N–H and O–H groups in total. The molecule has 3 nitrogen and oxygen atoms in total. The Morgan fingerprint density at radius 2 is 1.47 bits per heavy atom. The molecule has 0 bridgehead atoms. The highest BCUT2D eigenvalue weighted by Gasteiger charge is 2.33. The molecule has 0 aromatic carbocycles. The Labute approximate surface area is 109 Å². The molecule has 3 aliphatic rings. The van der Waals surface area contributed by atoms with Gasteiger partial charge in [-0.15, -0.1) is 0 Å². The monoisotopic (exact) mass is 255 g/mol. The fraction of sp³-hybridized carbons (Fsp3) is 1.00. The van der Waals surface area contributed by atoms with Gasteiger partial charge in [-0.25, -0.2) is 10.0 Å². The van der Waals surface area contributed by atoms with Gasteiger partial charge >= 0.3 is 0 Å². The first kappa shape index (κ1) is 12.3. The molecule has 0 amide bonds. The number of thioether (sulfide) groups is 1. The van der Waals surface area contributed by atoms with Crippen LogP contribution in [-0.4, -0.2) is 65.3 Å². The molecule has 17 heavy (non-hydrogen) atoms. The van der Waals surface area contributed by atoms with E-state index < -0.39 is 0 Å². The molecule has 0 aromatic heterocycles. The zero-order valence-corrected chi connectivity index (χ0v) is 11.6. The second-order valence-corrected chi connectivity index (χ2v) is 6.67. The molecule has 3 aliphatic heterocycles. The SMILES string of the molecule is C1CCN(N2CCCC2)C(N2CCSCC2)C1. The third-order valence-electron chi connectivity index (χ3n) is 4.36. The van der Waals surface area contributed by atoms with Crippen LogP contribution in [0.5, 0.6) is 0 Å². The lowest BCUT2D eigenvalue weighted by Crippen LogP contribution is -2.58. The van der Waals surface area contributed by atoms with Crippen LogP contribution in [0.4, 0.5) is 0 Å². The molecule has 0 aliphatic carbocycles. The van der Waals surface area contributed by atoms with Gasteiger partial charge in [0, 0.05) is 44.2 Å². The minimum absolute atomic E-state index is 0.725. The molecule has 98 valence electrons. The second-order valence-electron chi connectivity index (χ2n) is 5.45. The maximum absolute atomic E-state index is 2.74. The lowest BCUT2D eigenvalue weighted by molar-refractivity contribution is -0.117. The van der Waals surface area contributed by atoms with Crippen LogP contribution in [0.3, 0.4) is 0 Å². The predicted molar refractivity (Wildman–Crippen MR) is 74.1 cm³/mol. The van der Waals surface area contributed by atoms with Crippen molar-refractivity contribution in [3.63, 3.8) is 0 Å². The Kier molecular flexibility index (Phi) is 4.27. The van der Waals surface area contributed by atoms with Gasteiger partial charge in [0.1, 0.15) is 0 Å². The molecule has 3 rings (SSSR count). The van der Waals surface area contributed by atoms with Gasteiger partial charge in [-0.2, -0.15) is 11.8 Å². The molecule has 0 spiro atoms. The van der Waals surface area contributed by atoms with Crippen molar-refractivity contribution < 1.29 is 0 Å². The standard InChI is InChI=1S/C13H25N3S/c1-2-8-16(15-6-3-4-7-15)13(5-1)14-9-11-17-12-10-14/h13H,1-12H2. The van der Waals surface area contributed by atoms with Gasteiger partial charge in [0.25, 0.3) is 0 Å². The van der Waals surface area contributed by atoms with Crippen molar-refractivity contribution in [2.24, 2.45) is 0 Å². The van der Waals surface area contributed by atoms with Crippen molar-refractivity contribution >= 4 is 11.8 Å². The van der Waals surface area contributed by atoms with Crippen molar-refractivity contribution in [2.45, 2.75) is 38.3 Å². The van der Waals surface area contributed by atoms with Crippen molar-refractivity contribution in [2.75, 3.05) is 44.2 Å². The van der Waals surface area contributed by atoms with Crippen LogP contribution in [0.1, 0.15) is 32.1 Å². The number of hydrogen-bond donors (Lipinski definition) is 0. The van der Waals surface area contributed by atoms with E-state index in [1.54, 1.807) is 0 Å². The topological polar surface area (TPSA) is 9.72 Å². The summed E-state index contributed by atoms with van der Waals surface area (Å²) in [6, 6.07) is 0. The van der Waals surface area contributed by atoms with Crippen molar-refractivity contribution in [1.29, 1.82) is 0 Å². The Morgan fingerprint density at radius 1 is 0.765 bits per heavy atom. The summed E-state index contributed by atoms with van der Waals surface area (Å²) in [6.45, 7) is 6.52. The van der Waals surface area contributed by atoms with Gasteiger partial charge in [-0.05, 0) is 32.1 Å². The minimum Gasteiger partial charge on any atom is -0.285 e. The van der Waals surface area contributed by atoms with Gasteiger partial charge in [0.15, 0.2) is 0 Å². The van der Waals surface area contributed by atoms with E-state index in [-0.39, 0.29) is 0 Å². The first-order chi connectivity index (χ1) is 8.45. The maximum atomic E-state index is 2.74. The number of nitrogens with zero attached hydrogens (tertiary/aromatic N) is 3. The van der Waals surface area contributed by atoms with E-state index in [4.69, 9.17) is 0 Å². The van der Waals surface area contributed by atoms with E-state index in [1.165, 1.54) is 76.3 Å². The minimum atomic E-state index is 0.725. The van der Waals surface area contributed by atoms with E-state index in [0.717, 1.165) is 6.17 Å². The average molecular weight is 255 g/mol. The third kappa shape index (κ3) is 2.80. The van der Waals surface area contributed by atoms with Crippen molar-refractivity contribution in [1.82, 2.24) is 14.9 Å². The molecule has 0 aromatic rings. The summed E-state index contributed by atoms with van der Waals surface area (Å²) in [7, 11) is 0. The van der Waals surface area contributed by atoms with Crippen LogP contribution in [0.15, 0.2) is 0 Å². The van der Waals surface area contributed by atoms with Crippen LogP contribution in [-0.2, 0) is 0 Å². The fourth-order valence-corrected chi connectivity index (χ4v) is 4.36. The zero-order valence-electron chi connectivity index (χ0n) is 10.8. The molecule has 0 saturated carbocycles. The summed E-state index contributed by atoms with van der Waals surface area (Å²) in [5.74, 6) is 2.68. The summed E-state index contributed by atoms with van der Waals surface area (Å²) in [6.07, 6.45) is 7.75. The number of hydrogen-bond acceptors (Lipinski definition) is 4. The van der Waals surface area contributed by atoms with Crippen LogP contribution in [0, 0.1) is 0 Å². The van der Waals surface area contributed by atoms with E-state index in [0.29, 0.717) is 0 Å². The average Bonchev–Trinajstić information content (AvgIpc) is 2.94. The molecular formula is C13H25N3S. The summed E-state index contributed by atoms with van der Waals surface area (Å²) >= 11 is 2.12. The first-order valence-corrected chi connectivity index (χ1v) is 8.44. The van der Waals surface area contributed by atoms with Crippen LogP contribution >= 0.6 is 11.8 Å². The molecule has 1 unspecified atom stereocenters. The highest BCUT2D eigenvalue weighted by Crippen LogP contribution is 2.26. The van der Waals surface area contributed by atoms with E-state index in [2.05, 4.69) is 26.7 Å². The molecule has 4 heteroatoms. The van der Waals surface area contributed by atoms with E-state index in [1.807, 2.05) is 0 Å². The molecule has 3 heterocycles. The summed E-state index contributed by atoms with van der Waals surface area (Å²) in [5, 5.41) is 5.36. The largest absolute Gasteiger partial charge is 0.285 e. The Balaban J connectivity index is 1.65. The second kappa shape index (κ2) is 5.91. The van der Waals surface area contributed by atoms with Gasteiger partial charge in [0.2, 0.25) is 0 Å². The smallest absolute Gasteiger partial charge is 0.0760 e. The normalized spacial score (nSPS) is 34.2. The highest BCUT2D eigenvalue weighted by molar-refractivity contribution is 7.99. The summed E-state index contributed by atoms with van der Waals surface area (Å²) in [5.41, 5.74) is 0. The van der Waals surface area contributed by atoms with Gasteiger partial charge in [0.05, 0.1) is 6.17 Å². The molecule has 1 atom stereocenters. The zero-order chi connectivity index (χ0) is 11.5. The van der Waals surface area contributed by atoms with Crippen LogP contribution in [0.2, 0.25) is 0 Å². The van der Waals surface area contributed by atoms with Crippen molar-refractivity contribution in [3.05, 3.63) is 0 Å². The highest BCUT2D eigenvalue weighted by atomic mass is 32.2. The Morgan fingerprint density at radius 3 is 2.24 bits per heavy atom. The quantitative estimate of drug-likeness (QED) is 0.745. The van der Waals surface area contributed by atoms with Gasteiger partial charge in [-0.1, -0.05) is 0 Å². The van der Waals surface area contributed by atoms with Gasteiger partial charge in [-0.3, -0.25) is 4.90 Å². The number of rotatable bonds is 2. The third-order valence-corrected chi connectivity index (χ3v) is 5.30. The molecule has 3 saturated heterocycles. The van der Waals surface area contributed by atoms with E-state index >= 15 is 0 Å². The lowest BCUT2D eigenvalue weighted by Gasteiger charge is -2.47. The fourth-order valence-electron chi connectivity index (χ4n) is 3.43. The van der Waals surface area contributed by atoms with E-state index in [9.17, 15) is 0 Å². The lowest BCUT2D eigenvalue weighted by atomic mass is 10.1. The number of hydrazine groups is 1. The summed E-state index contributed by atoms with van der Waals surface area (Å²) in [4.78, 5) is 2.74. The van der Waals surface area contributed by atoms with Crippen molar-refractivity contribution in [3.8, 4) is 0 Å². The molecule has 0 radical (unpaired) electrons. The van der Waals surface area contributed by atoms with Crippen LogP contribution in [0.25, 0.3) is 0 Å².